The number of hydrogen-bond donors (Lipinski definition) is 0. The molecule has 1 fully saturated rings. The zero-order valence-electron chi connectivity index (χ0n) is 11.0. The maximum absolute atomic E-state index is 13.4. The standard InChI is InChI=1S/C17H17FO/c1-12-10-16(12)13-6-8-15(9-7-13)19-11-14-4-2-3-5-17(14)18/h2-9,12,16H,10-11H2,1H3/t12?,16-/m1/s1. The van der Waals surface area contributed by atoms with Gasteiger partial charge in [0.1, 0.15) is 18.2 Å². The van der Waals surface area contributed by atoms with Crippen LogP contribution in [0.4, 0.5) is 4.39 Å². The third-order valence-corrected chi connectivity index (χ3v) is 3.77. The Morgan fingerprint density at radius 3 is 2.42 bits per heavy atom. The Morgan fingerprint density at radius 2 is 1.79 bits per heavy atom. The summed E-state index contributed by atoms with van der Waals surface area (Å²) >= 11 is 0. The van der Waals surface area contributed by atoms with Gasteiger partial charge in [0, 0.05) is 5.56 Å². The summed E-state index contributed by atoms with van der Waals surface area (Å²) in [5, 5.41) is 0. The molecule has 98 valence electrons. The van der Waals surface area contributed by atoms with Crippen molar-refractivity contribution >= 4 is 0 Å². The molecule has 0 heterocycles. The second-order valence-electron chi connectivity index (χ2n) is 5.27. The van der Waals surface area contributed by atoms with E-state index in [-0.39, 0.29) is 12.4 Å². The van der Waals surface area contributed by atoms with Crippen LogP contribution in [-0.2, 0) is 6.61 Å². The summed E-state index contributed by atoms with van der Waals surface area (Å²) in [4.78, 5) is 0. The fraction of sp³-hybridized carbons (Fsp3) is 0.294. The van der Waals surface area contributed by atoms with Crippen molar-refractivity contribution in [2.75, 3.05) is 0 Å². The molecule has 1 unspecified atom stereocenters. The molecule has 0 spiro atoms. The first-order chi connectivity index (χ1) is 9.24. The van der Waals surface area contributed by atoms with Crippen molar-refractivity contribution in [1.82, 2.24) is 0 Å². The molecule has 2 aromatic rings. The first-order valence-electron chi connectivity index (χ1n) is 6.70. The zero-order valence-corrected chi connectivity index (χ0v) is 11.0. The lowest BCUT2D eigenvalue weighted by Crippen LogP contribution is -1.98. The molecule has 0 amide bonds. The molecule has 0 bridgehead atoms. The lowest BCUT2D eigenvalue weighted by molar-refractivity contribution is 0.300. The van der Waals surface area contributed by atoms with Crippen molar-refractivity contribution in [3.63, 3.8) is 0 Å². The number of ether oxygens (including phenoxy) is 1. The van der Waals surface area contributed by atoms with Gasteiger partial charge in [0.25, 0.3) is 0 Å². The van der Waals surface area contributed by atoms with Gasteiger partial charge in [-0.2, -0.15) is 0 Å². The van der Waals surface area contributed by atoms with Crippen molar-refractivity contribution in [2.24, 2.45) is 5.92 Å². The second-order valence-corrected chi connectivity index (χ2v) is 5.27. The fourth-order valence-corrected chi connectivity index (χ4v) is 2.37. The Labute approximate surface area is 113 Å². The highest BCUT2D eigenvalue weighted by Gasteiger charge is 2.33. The molecule has 1 nitrogen and oxygen atoms in total. The molecule has 0 radical (unpaired) electrons. The largest absolute Gasteiger partial charge is 0.489 e. The average Bonchev–Trinajstić information content (AvgIpc) is 3.16. The first-order valence-corrected chi connectivity index (χ1v) is 6.70. The van der Waals surface area contributed by atoms with E-state index in [9.17, 15) is 4.39 Å². The van der Waals surface area contributed by atoms with E-state index in [2.05, 4.69) is 19.1 Å². The molecule has 0 saturated heterocycles. The van der Waals surface area contributed by atoms with Crippen LogP contribution in [-0.4, -0.2) is 0 Å². The van der Waals surface area contributed by atoms with Crippen molar-refractivity contribution in [3.05, 3.63) is 65.5 Å². The minimum absolute atomic E-state index is 0.217. The Kier molecular flexibility index (Phi) is 3.24. The summed E-state index contributed by atoms with van der Waals surface area (Å²) in [5.41, 5.74) is 1.97. The van der Waals surface area contributed by atoms with Crippen molar-refractivity contribution < 1.29 is 9.13 Å². The van der Waals surface area contributed by atoms with E-state index in [0.29, 0.717) is 5.56 Å². The van der Waals surface area contributed by atoms with E-state index in [1.165, 1.54) is 18.1 Å². The van der Waals surface area contributed by atoms with Crippen molar-refractivity contribution in [1.29, 1.82) is 0 Å². The van der Waals surface area contributed by atoms with Gasteiger partial charge < -0.3 is 4.74 Å². The average molecular weight is 256 g/mol. The molecule has 1 aliphatic rings. The molecule has 1 saturated carbocycles. The Balaban J connectivity index is 1.63. The molecule has 1 aliphatic carbocycles. The van der Waals surface area contributed by atoms with Crippen molar-refractivity contribution in [2.45, 2.75) is 25.9 Å². The van der Waals surface area contributed by atoms with Gasteiger partial charge in [0.15, 0.2) is 0 Å². The molecule has 0 aromatic heterocycles. The summed E-state index contributed by atoms with van der Waals surface area (Å²) in [6, 6.07) is 14.9. The molecular weight excluding hydrogens is 239 g/mol. The van der Waals surface area contributed by atoms with Gasteiger partial charge >= 0.3 is 0 Å². The fourth-order valence-electron chi connectivity index (χ4n) is 2.37. The highest BCUT2D eigenvalue weighted by atomic mass is 19.1. The smallest absolute Gasteiger partial charge is 0.129 e. The van der Waals surface area contributed by atoms with Crippen LogP contribution >= 0.6 is 0 Å². The molecule has 2 aromatic carbocycles. The van der Waals surface area contributed by atoms with Crippen LogP contribution in [0.1, 0.15) is 30.4 Å². The summed E-state index contributed by atoms with van der Waals surface area (Å²) in [5.74, 6) is 2.11. The van der Waals surface area contributed by atoms with E-state index < -0.39 is 0 Å². The van der Waals surface area contributed by atoms with Gasteiger partial charge in [0.05, 0.1) is 0 Å². The molecule has 2 atom stereocenters. The van der Waals surface area contributed by atoms with E-state index in [4.69, 9.17) is 4.74 Å². The van der Waals surface area contributed by atoms with Crippen LogP contribution in [0.25, 0.3) is 0 Å². The minimum Gasteiger partial charge on any atom is -0.489 e. The van der Waals surface area contributed by atoms with Crippen LogP contribution < -0.4 is 4.74 Å². The summed E-state index contributed by atoms with van der Waals surface area (Å²) in [6.07, 6.45) is 1.29. The molecule has 3 rings (SSSR count). The van der Waals surface area contributed by atoms with E-state index in [0.717, 1.165) is 17.6 Å². The van der Waals surface area contributed by atoms with Gasteiger partial charge in [-0.05, 0) is 42.0 Å². The van der Waals surface area contributed by atoms with E-state index >= 15 is 0 Å². The number of halogens is 1. The zero-order chi connectivity index (χ0) is 13.2. The van der Waals surface area contributed by atoms with Gasteiger partial charge in [0.2, 0.25) is 0 Å². The third-order valence-electron chi connectivity index (χ3n) is 3.77. The molecule has 19 heavy (non-hydrogen) atoms. The third kappa shape index (κ3) is 2.78. The van der Waals surface area contributed by atoms with Crippen LogP contribution in [0.5, 0.6) is 5.75 Å². The highest BCUT2D eigenvalue weighted by molar-refractivity contribution is 5.32. The predicted octanol–water partition coefficient (Wildman–Crippen LogP) is 4.53. The normalized spacial score (nSPS) is 21.2. The topological polar surface area (TPSA) is 9.23 Å². The minimum atomic E-state index is -0.217. The summed E-state index contributed by atoms with van der Waals surface area (Å²) in [7, 11) is 0. The maximum atomic E-state index is 13.4. The van der Waals surface area contributed by atoms with Crippen LogP contribution in [0.3, 0.4) is 0 Å². The Bertz CT molecular complexity index is 562. The van der Waals surface area contributed by atoms with E-state index in [1.807, 2.05) is 18.2 Å². The molecule has 0 aliphatic heterocycles. The second kappa shape index (κ2) is 5.04. The number of hydrogen-bond acceptors (Lipinski definition) is 1. The first kappa shape index (κ1) is 12.2. The molecular formula is C17H17FO. The maximum Gasteiger partial charge on any atom is 0.129 e. The predicted molar refractivity (Wildman–Crippen MR) is 73.7 cm³/mol. The Morgan fingerprint density at radius 1 is 1.11 bits per heavy atom. The van der Waals surface area contributed by atoms with Crippen LogP contribution in [0.2, 0.25) is 0 Å². The van der Waals surface area contributed by atoms with E-state index in [1.54, 1.807) is 12.1 Å². The number of rotatable bonds is 4. The molecule has 0 N–H and O–H groups in total. The van der Waals surface area contributed by atoms with Gasteiger partial charge in [-0.3, -0.25) is 0 Å². The molecule has 2 heteroatoms. The van der Waals surface area contributed by atoms with Gasteiger partial charge in [-0.15, -0.1) is 0 Å². The summed E-state index contributed by atoms with van der Waals surface area (Å²) in [6.45, 7) is 2.54. The van der Waals surface area contributed by atoms with Crippen molar-refractivity contribution in [3.8, 4) is 5.75 Å². The van der Waals surface area contributed by atoms with Crippen LogP contribution in [0.15, 0.2) is 48.5 Å². The van der Waals surface area contributed by atoms with Crippen LogP contribution in [0, 0.1) is 11.7 Å². The lowest BCUT2D eigenvalue weighted by atomic mass is 10.1. The quantitative estimate of drug-likeness (QED) is 0.781. The van der Waals surface area contributed by atoms with Gasteiger partial charge in [-0.1, -0.05) is 37.3 Å². The highest BCUT2D eigenvalue weighted by Crippen LogP contribution is 2.47. The monoisotopic (exact) mass is 256 g/mol. The SMILES string of the molecule is CC1C[C@H]1c1ccc(OCc2ccccc2F)cc1. The Hall–Kier alpha value is -1.83. The lowest BCUT2D eigenvalue weighted by Gasteiger charge is -2.08. The van der Waals surface area contributed by atoms with Gasteiger partial charge in [-0.25, -0.2) is 4.39 Å². The number of benzene rings is 2. The summed E-state index contributed by atoms with van der Waals surface area (Å²) < 4.78 is 19.0.